The highest BCUT2D eigenvalue weighted by Crippen LogP contribution is 2.11. The highest BCUT2D eigenvalue weighted by molar-refractivity contribution is 5.89. The van der Waals surface area contributed by atoms with Crippen molar-refractivity contribution in [2.24, 2.45) is 0 Å². The first-order valence-electron chi connectivity index (χ1n) is 7.41. The summed E-state index contributed by atoms with van der Waals surface area (Å²) >= 11 is 0. The van der Waals surface area contributed by atoms with Crippen LogP contribution in [-0.2, 0) is 11.3 Å². The van der Waals surface area contributed by atoms with Crippen molar-refractivity contribution in [3.63, 3.8) is 0 Å². The molecule has 0 saturated heterocycles. The van der Waals surface area contributed by atoms with Crippen molar-refractivity contribution in [3.8, 4) is 0 Å². The van der Waals surface area contributed by atoms with Gasteiger partial charge in [-0.15, -0.1) is 0 Å². The molecule has 0 radical (unpaired) electrons. The van der Waals surface area contributed by atoms with Crippen molar-refractivity contribution in [1.29, 1.82) is 0 Å². The predicted molar refractivity (Wildman–Crippen MR) is 86.8 cm³/mol. The lowest BCUT2D eigenvalue weighted by atomic mass is 10.2. The lowest BCUT2D eigenvalue weighted by molar-refractivity contribution is 0.0523. The highest BCUT2D eigenvalue weighted by atomic mass is 16.6. The number of alkyl carbamates (subject to hydrolysis) is 1. The van der Waals surface area contributed by atoms with E-state index in [4.69, 9.17) is 4.74 Å². The number of anilines is 1. The third kappa shape index (κ3) is 7.52. The smallest absolute Gasteiger partial charge is 0.407 e. The fraction of sp³-hybridized carbons (Fsp3) is 0.500. The van der Waals surface area contributed by atoms with Crippen molar-refractivity contribution in [2.45, 2.75) is 46.3 Å². The van der Waals surface area contributed by atoms with Crippen molar-refractivity contribution >= 4 is 17.8 Å². The van der Waals surface area contributed by atoms with E-state index in [9.17, 15) is 9.59 Å². The molecule has 0 unspecified atom stereocenters. The second-order valence-electron chi connectivity index (χ2n) is 5.94. The van der Waals surface area contributed by atoms with Crippen LogP contribution in [0.3, 0.4) is 0 Å². The zero-order valence-electron chi connectivity index (χ0n) is 13.7. The van der Waals surface area contributed by atoms with Gasteiger partial charge in [-0.3, -0.25) is 0 Å². The summed E-state index contributed by atoms with van der Waals surface area (Å²) in [5, 5.41) is 8.17. The van der Waals surface area contributed by atoms with E-state index in [1.807, 2.05) is 45.9 Å². The molecule has 0 aliphatic carbocycles. The van der Waals surface area contributed by atoms with Crippen LogP contribution in [0, 0.1) is 0 Å². The molecule has 0 atom stereocenters. The van der Waals surface area contributed by atoms with Crippen LogP contribution in [0.25, 0.3) is 0 Å². The number of urea groups is 1. The topological polar surface area (TPSA) is 79.5 Å². The maximum absolute atomic E-state index is 11.6. The molecule has 1 rings (SSSR count). The molecule has 0 heterocycles. The first-order valence-corrected chi connectivity index (χ1v) is 7.41. The number of ether oxygens (including phenoxy) is 1. The Bertz CT molecular complexity index is 510. The standard InChI is InChI=1S/C16H25N3O3/c1-5-9-17-14(20)19-13-8-6-7-12(10-13)11-18-15(21)22-16(2,3)4/h6-8,10H,5,9,11H2,1-4H3,(H,18,21)(H2,17,19,20). The molecule has 122 valence electrons. The SMILES string of the molecule is CCCNC(=O)Nc1cccc(CNC(=O)OC(C)(C)C)c1. The van der Waals surface area contributed by atoms with Gasteiger partial charge < -0.3 is 20.7 Å². The summed E-state index contributed by atoms with van der Waals surface area (Å²) in [6.45, 7) is 8.39. The minimum Gasteiger partial charge on any atom is -0.444 e. The van der Waals surface area contributed by atoms with Crippen LogP contribution in [-0.4, -0.2) is 24.3 Å². The van der Waals surface area contributed by atoms with Crippen LogP contribution in [0.1, 0.15) is 39.7 Å². The third-order valence-corrected chi connectivity index (χ3v) is 2.56. The normalized spacial score (nSPS) is 10.7. The third-order valence-electron chi connectivity index (χ3n) is 2.56. The van der Waals surface area contributed by atoms with E-state index in [1.54, 1.807) is 6.07 Å². The summed E-state index contributed by atoms with van der Waals surface area (Å²) in [6, 6.07) is 7.05. The van der Waals surface area contributed by atoms with Gasteiger partial charge in [0, 0.05) is 18.8 Å². The Kier molecular flexibility index (Phi) is 6.69. The molecule has 3 amide bonds. The Morgan fingerprint density at radius 2 is 1.91 bits per heavy atom. The van der Waals surface area contributed by atoms with Gasteiger partial charge in [0.25, 0.3) is 0 Å². The monoisotopic (exact) mass is 307 g/mol. The minimum atomic E-state index is -0.523. The number of benzene rings is 1. The second-order valence-corrected chi connectivity index (χ2v) is 5.94. The lowest BCUT2D eigenvalue weighted by Gasteiger charge is -2.19. The van der Waals surface area contributed by atoms with Crippen molar-refractivity contribution in [3.05, 3.63) is 29.8 Å². The van der Waals surface area contributed by atoms with Gasteiger partial charge in [-0.1, -0.05) is 19.1 Å². The van der Waals surface area contributed by atoms with Gasteiger partial charge in [-0.05, 0) is 44.9 Å². The second kappa shape index (κ2) is 8.26. The molecule has 0 aliphatic rings. The Morgan fingerprint density at radius 3 is 2.55 bits per heavy atom. The first-order chi connectivity index (χ1) is 10.3. The van der Waals surface area contributed by atoms with Crippen LogP contribution in [0.2, 0.25) is 0 Å². The quantitative estimate of drug-likeness (QED) is 0.781. The number of carbonyl (C=O) groups is 2. The van der Waals surface area contributed by atoms with Gasteiger partial charge in [-0.25, -0.2) is 9.59 Å². The molecule has 1 aromatic rings. The van der Waals surface area contributed by atoms with Gasteiger partial charge >= 0.3 is 12.1 Å². The summed E-state index contributed by atoms with van der Waals surface area (Å²) < 4.78 is 5.17. The van der Waals surface area contributed by atoms with E-state index in [2.05, 4.69) is 16.0 Å². The molecule has 3 N–H and O–H groups in total. The maximum Gasteiger partial charge on any atom is 0.407 e. The van der Waals surface area contributed by atoms with Crippen molar-refractivity contribution in [2.75, 3.05) is 11.9 Å². The number of amides is 3. The van der Waals surface area contributed by atoms with Crippen LogP contribution in [0.4, 0.5) is 15.3 Å². The summed E-state index contributed by atoms with van der Waals surface area (Å²) in [4.78, 5) is 23.2. The Labute approximate surface area is 131 Å². The average Bonchev–Trinajstić information content (AvgIpc) is 2.41. The van der Waals surface area contributed by atoms with Crippen LogP contribution in [0.5, 0.6) is 0 Å². The molecule has 0 aliphatic heterocycles. The van der Waals surface area contributed by atoms with Gasteiger partial charge in [0.1, 0.15) is 5.60 Å². The van der Waals surface area contributed by atoms with Crippen molar-refractivity contribution < 1.29 is 14.3 Å². The molecular formula is C16H25N3O3. The average molecular weight is 307 g/mol. The molecule has 6 nitrogen and oxygen atoms in total. The molecule has 0 spiro atoms. The molecule has 6 heteroatoms. The molecule has 0 aromatic heterocycles. The van der Waals surface area contributed by atoms with E-state index >= 15 is 0 Å². The summed E-state index contributed by atoms with van der Waals surface area (Å²) in [7, 11) is 0. The van der Waals surface area contributed by atoms with Crippen molar-refractivity contribution in [1.82, 2.24) is 10.6 Å². The summed E-state index contributed by atoms with van der Waals surface area (Å²) in [6.07, 6.45) is 0.416. The number of hydrogen-bond acceptors (Lipinski definition) is 3. The van der Waals surface area contributed by atoms with E-state index in [0.29, 0.717) is 18.8 Å². The first kappa shape index (κ1) is 17.8. The highest BCUT2D eigenvalue weighted by Gasteiger charge is 2.15. The Morgan fingerprint density at radius 1 is 1.18 bits per heavy atom. The zero-order valence-corrected chi connectivity index (χ0v) is 13.7. The maximum atomic E-state index is 11.6. The molecular weight excluding hydrogens is 282 g/mol. The van der Waals surface area contributed by atoms with Crippen LogP contribution < -0.4 is 16.0 Å². The van der Waals surface area contributed by atoms with Gasteiger partial charge in [0.15, 0.2) is 0 Å². The largest absolute Gasteiger partial charge is 0.444 e. The fourth-order valence-electron chi connectivity index (χ4n) is 1.66. The van der Waals surface area contributed by atoms with E-state index < -0.39 is 11.7 Å². The lowest BCUT2D eigenvalue weighted by Crippen LogP contribution is -2.32. The Hall–Kier alpha value is -2.24. The summed E-state index contributed by atoms with van der Waals surface area (Å²) in [5.74, 6) is 0. The predicted octanol–water partition coefficient (Wildman–Crippen LogP) is 3.24. The number of rotatable bonds is 5. The van der Waals surface area contributed by atoms with Gasteiger partial charge in [-0.2, -0.15) is 0 Å². The number of hydrogen-bond donors (Lipinski definition) is 3. The van der Waals surface area contributed by atoms with Crippen LogP contribution in [0.15, 0.2) is 24.3 Å². The zero-order chi connectivity index (χ0) is 16.6. The van der Waals surface area contributed by atoms with Gasteiger partial charge in [0.05, 0.1) is 0 Å². The molecule has 0 fully saturated rings. The Balaban J connectivity index is 2.50. The minimum absolute atomic E-state index is 0.237. The summed E-state index contributed by atoms with van der Waals surface area (Å²) in [5.41, 5.74) is 1.03. The molecule has 0 bridgehead atoms. The number of carbonyl (C=O) groups excluding carboxylic acids is 2. The van der Waals surface area contributed by atoms with Gasteiger partial charge in [0.2, 0.25) is 0 Å². The van der Waals surface area contributed by atoms with E-state index in [0.717, 1.165) is 12.0 Å². The van der Waals surface area contributed by atoms with Crippen LogP contribution >= 0.6 is 0 Å². The number of nitrogens with one attached hydrogen (secondary N) is 3. The molecule has 1 aromatic carbocycles. The molecule has 22 heavy (non-hydrogen) atoms. The fourth-order valence-corrected chi connectivity index (χ4v) is 1.66. The molecule has 0 saturated carbocycles. The van der Waals surface area contributed by atoms with E-state index in [1.165, 1.54) is 0 Å². The van der Waals surface area contributed by atoms with E-state index in [-0.39, 0.29) is 6.03 Å².